The van der Waals surface area contributed by atoms with E-state index < -0.39 is 17.7 Å². The number of hydrogen-bond donors (Lipinski definition) is 1. The van der Waals surface area contributed by atoms with Crippen molar-refractivity contribution in [2.45, 2.75) is 12.5 Å². The van der Waals surface area contributed by atoms with Crippen molar-refractivity contribution in [3.63, 3.8) is 0 Å². The molecule has 1 N–H and O–H groups in total. The van der Waals surface area contributed by atoms with Crippen molar-refractivity contribution in [1.29, 1.82) is 0 Å². The number of methoxy groups -OCH3 is 1. The first kappa shape index (κ1) is 21.9. The number of aliphatic hydroxyl groups excluding tert-OH is 1. The highest BCUT2D eigenvalue weighted by Gasteiger charge is 2.45. The molecule has 2 aromatic rings. The van der Waals surface area contributed by atoms with Crippen molar-refractivity contribution in [2.24, 2.45) is 0 Å². The van der Waals surface area contributed by atoms with Crippen LogP contribution in [0.15, 0.2) is 54.1 Å². The third-order valence-electron chi connectivity index (χ3n) is 5.05. The van der Waals surface area contributed by atoms with E-state index in [9.17, 15) is 14.7 Å². The third-order valence-corrected chi connectivity index (χ3v) is 5.29. The summed E-state index contributed by atoms with van der Waals surface area (Å²) in [5, 5.41) is 11.4. The number of Topliss-reactive ketones (excluding diaryl/α,β-unsaturated/α-hetero) is 1. The van der Waals surface area contributed by atoms with Crippen LogP contribution >= 0.6 is 11.6 Å². The van der Waals surface area contributed by atoms with Gasteiger partial charge in [0.05, 0.1) is 18.7 Å². The van der Waals surface area contributed by atoms with Gasteiger partial charge in [0.25, 0.3) is 11.7 Å². The molecule has 7 heteroatoms. The minimum Gasteiger partial charge on any atom is -0.507 e. The van der Waals surface area contributed by atoms with E-state index in [1.54, 1.807) is 49.6 Å². The van der Waals surface area contributed by atoms with Crippen molar-refractivity contribution in [3.05, 3.63) is 70.3 Å². The van der Waals surface area contributed by atoms with E-state index in [0.717, 1.165) is 6.54 Å². The molecule has 0 saturated carbocycles. The largest absolute Gasteiger partial charge is 0.507 e. The number of carbonyl (C=O) groups is 2. The topological polar surface area (TPSA) is 70.1 Å². The molecule has 1 heterocycles. The standard InChI is InChI=1S/C23H25ClN2O4/c1-25(2)11-6-12-26-20(15-7-5-10-18(14-15)30-3)19(22(28)23(26)29)21(27)16-8-4-9-17(24)13-16/h4-5,7-10,13-14,20,27H,6,11-12H2,1-3H3/b21-19-. The number of ether oxygens (including phenoxy) is 1. The Kier molecular flexibility index (Phi) is 6.80. The smallest absolute Gasteiger partial charge is 0.295 e. The number of ketones is 1. The third kappa shape index (κ3) is 4.50. The Labute approximate surface area is 181 Å². The van der Waals surface area contributed by atoms with Crippen molar-refractivity contribution >= 4 is 29.1 Å². The number of aliphatic hydroxyl groups is 1. The number of benzene rings is 2. The Hall–Kier alpha value is -2.83. The van der Waals surface area contributed by atoms with Gasteiger partial charge in [0.2, 0.25) is 0 Å². The highest BCUT2D eigenvalue weighted by molar-refractivity contribution is 6.46. The van der Waals surface area contributed by atoms with Gasteiger partial charge in [-0.3, -0.25) is 9.59 Å². The van der Waals surface area contributed by atoms with Crippen LogP contribution in [0.2, 0.25) is 5.02 Å². The first-order chi connectivity index (χ1) is 14.3. The van der Waals surface area contributed by atoms with Crippen LogP contribution in [-0.2, 0) is 9.59 Å². The van der Waals surface area contributed by atoms with Crippen LogP contribution in [0, 0.1) is 0 Å². The fraction of sp³-hybridized carbons (Fsp3) is 0.304. The zero-order valence-corrected chi connectivity index (χ0v) is 18.0. The summed E-state index contributed by atoms with van der Waals surface area (Å²) in [7, 11) is 5.46. The molecule has 158 valence electrons. The molecule has 1 saturated heterocycles. The van der Waals surface area contributed by atoms with E-state index in [1.165, 1.54) is 4.90 Å². The molecule has 3 rings (SSSR count). The van der Waals surface area contributed by atoms with Crippen molar-refractivity contribution in [3.8, 4) is 5.75 Å². The van der Waals surface area contributed by atoms with Gasteiger partial charge >= 0.3 is 0 Å². The number of rotatable bonds is 7. The number of likely N-dealkylation sites (tertiary alicyclic amines) is 1. The van der Waals surface area contributed by atoms with Gasteiger partial charge in [-0.1, -0.05) is 35.9 Å². The quantitative estimate of drug-likeness (QED) is 0.413. The fourth-order valence-electron chi connectivity index (χ4n) is 3.62. The zero-order valence-electron chi connectivity index (χ0n) is 17.3. The lowest BCUT2D eigenvalue weighted by molar-refractivity contribution is -0.139. The van der Waals surface area contributed by atoms with Crippen LogP contribution in [0.1, 0.15) is 23.6 Å². The first-order valence-corrected chi connectivity index (χ1v) is 10.0. The number of halogens is 1. The van der Waals surface area contributed by atoms with E-state index >= 15 is 0 Å². The maximum atomic E-state index is 13.0. The Morgan fingerprint density at radius 3 is 2.57 bits per heavy atom. The molecule has 1 aliphatic rings. The average molecular weight is 429 g/mol. The average Bonchev–Trinajstić information content (AvgIpc) is 2.98. The summed E-state index contributed by atoms with van der Waals surface area (Å²) in [6.45, 7) is 1.15. The molecular formula is C23H25ClN2O4. The van der Waals surface area contributed by atoms with Crippen molar-refractivity contribution < 1.29 is 19.4 Å². The molecule has 2 aromatic carbocycles. The molecule has 1 amide bonds. The molecule has 1 aliphatic heterocycles. The van der Waals surface area contributed by atoms with E-state index in [4.69, 9.17) is 16.3 Å². The van der Waals surface area contributed by atoms with Crippen LogP contribution in [0.3, 0.4) is 0 Å². The molecule has 30 heavy (non-hydrogen) atoms. The van der Waals surface area contributed by atoms with Crippen LogP contribution in [0.4, 0.5) is 0 Å². The highest BCUT2D eigenvalue weighted by atomic mass is 35.5. The number of hydrogen-bond acceptors (Lipinski definition) is 5. The van der Waals surface area contributed by atoms with Gasteiger partial charge < -0.3 is 19.6 Å². The Morgan fingerprint density at radius 2 is 1.90 bits per heavy atom. The lowest BCUT2D eigenvalue weighted by atomic mass is 9.95. The van der Waals surface area contributed by atoms with Crippen LogP contribution < -0.4 is 4.74 Å². The van der Waals surface area contributed by atoms with Crippen LogP contribution in [-0.4, -0.2) is 60.9 Å². The van der Waals surface area contributed by atoms with Gasteiger partial charge in [0.15, 0.2) is 0 Å². The maximum absolute atomic E-state index is 13.0. The minimum atomic E-state index is -0.707. The van der Waals surface area contributed by atoms with Gasteiger partial charge in [-0.05, 0) is 56.9 Å². The first-order valence-electron chi connectivity index (χ1n) is 9.66. The van der Waals surface area contributed by atoms with Gasteiger partial charge in [0, 0.05) is 17.1 Å². The molecule has 1 atom stereocenters. The second-order valence-corrected chi connectivity index (χ2v) is 7.87. The molecule has 0 spiro atoms. The van der Waals surface area contributed by atoms with E-state index in [1.807, 2.05) is 25.1 Å². The monoisotopic (exact) mass is 428 g/mol. The second kappa shape index (κ2) is 9.32. The number of amides is 1. The normalized spacial score (nSPS) is 18.3. The lowest BCUT2D eigenvalue weighted by Crippen LogP contribution is -2.32. The molecular weight excluding hydrogens is 404 g/mol. The van der Waals surface area contributed by atoms with E-state index in [0.29, 0.717) is 34.9 Å². The number of nitrogens with zero attached hydrogens (tertiary/aromatic N) is 2. The Balaban J connectivity index is 2.11. The maximum Gasteiger partial charge on any atom is 0.295 e. The van der Waals surface area contributed by atoms with Gasteiger partial charge in [0.1, 0.15) is 11.5 Å². The summed E-state index contributed by atoms with van der Waals surface area (Å²) in [6, 6.07) is 13.1. The summed E-state index contributed by atoms with van der Waals surface area (Å²) in [6.07, 6.45) is 0.692. The summed E-state index contributed by atoms with van der Waals surface area (Å²) < 4.78 is 5.32. The molecule has 0 aromatic heterocycles. The Bertz CT molecular complexity index is 987. The number of carbonyl (C=O) groups excluding carboxylic acids is 2. The van der Waals surface area contributed by atoms with Crippen LogP contribution in [0.5, 0.6) is 5.75 Å². The summed E-state index contributed by atoms with van der Waals surface area (Å²) in [4.78, 5) is 29.4. The molecule has 6 nitrogen and oxygen atoms in total. The SMILES string of the molecule is COc1cccc(C2/C(=C(/O)c3cccc(Cl)c3)C(=O)C(=O)N2CCCN(C)C)c1. The molecule has 1 fully saturated rings. The summed E-state index contributed by atoms with van der Waals surface area (Å²) in [5.74, 6) is -0.955. The van der Waals surface area contributed by atoms with Crippen molar-refractivity contribution in [1.82, 2.24) is 9.80 Å². The van der Waals surface area contributed by atoms with Gasteiger partial charge in [-0.25, -0.2) is 0 Å². The minimum absolute atomic E-state index is 0.0559. The second-order valence-electron chi connectivity index (χ2n) is 7.44. The van der Waals surface area contributed by atoms with Crippen molar-refractivity contribution in [2.75, 3.05) is 34.3 Å². The lowest BCUT2D eigenvalue weighted by Gasteiger charge is -2.26. The summed E-state index contributed by atoms with van der Waals surface area (Å²) >= 11 is 6.06. The highest BCUT2D eigenvalue weighted by Crippen LogP contribution is 2.40. The van der Waals surface area contributed by atoms with Gasteiger partial charge in [-0.15, -0.1) is 0 Å². The molecule has 0 bridgehead atoms. The predicted molar refractivity (Wildman–Crippen MR) is 117 cm³/mol. The molecule has 0 radical (unpaired) electrons. The predicted octanol–water partition coefficient (Wildman–Crippen LogP) is 3.72. The fourth-order valence-corrected chi connectivity index (χ4v) is 3.81. The molecule has 1 unspecified atom stereocenters. The van der Waals surface area contributed by atoms with E-state index in [-0.39, 0.29) is 11.3 Å². The van der Waals surface area contributed by atoms with Crippen LogP contribution in [0.25, 0.3) is 5.76 Å². The Morgan fingerprint density at radius 1 is 1.17 bits per heavy atom. The van der Waals surface area contributed by atoms with Gasteiger partial charge in [-0.2, -0.15) is 0 Å². The molecule has 0 aliphatic carbocycles. The zero-order chi connectivity index (χ0) is 21.8. The van der Waals surface area contributed by atoms with E-state index in [2.05, 4.69) is 0 Å². The summed E-state index contributed by atoms with van der Waals surface area (Å²) in [5.41, 5.74) is 1.14.